The number of aliphatic hydroxyl groups excluding tert-OH is 1. The number of nitrogens with two attached hydrogens (primary N) is 1. The zero-order valence-corrected chi connectivity index (χ0v) is 8.71. The van der Waals surface area contributed by atoms with E-state index in [0.29, 0.717) is 6.61 Å². The molecule has 3 N–H and O–H groups in total. The number of rotatable bonds is 9. The standard InChI is InChI=1S/C10H21NO3/c11-7-5-3-1-2-4-6-8-14-10(13)9-12/h12H,1-9,11H2. The van der Waals surface area contributed by atoms with Crippen LogP contribution in [0.3, 0.4) is 0 Å². The average Bonchev–Trinajstić information content (AvgIpc) is 2.21. The normalized spacial score (nSPS) is 10.1. The predicted octanol–water partition coefficient (Wildman–Crippen LogP) is 0.821. The van der Waals surface area contributed by atoms with Crippen molar-refractivity contribution in [2.75, 3.05) is 19.8 Å². The highest BCUT2D eigenvalue weighted by molar-refractivity contribution is 5.70. The maximum absolute atomic E-state index is 10.5. The van der Waals surface area contributed by atoms with Crippen molar-refractivity contribution in [2.24, 2.45) is 5.73 Å². The molecule has 0 atom stereocenters. The van der Waals surface area contributed by atoms with Crippen molar-refractivity contribution in [3.8, 4) is 0 Å². The third kappa shape index (κ3) is 9.48. The lowest BCUT2D eigenvalue weighted by molar-refractivity contribution is -0.147. The van der Waals surface area contributed by atoms with E-state index >= 15 is 0 Å². The van der Waals surface area contributed by atoms with E-state index in [1.807, 2.05) is 0 Å². The lowest BCUT2D eigenvalue weighted by Gasteiger charge is -2.02. The second-order valence-corrected chi connectivity index (χ2v) is 3.29. The van der Waals surface area contributed by atoms with Crippen LogP contribution in [0, 0.1) is 0 Å². The zero-order valence-electron chi connectivity index (χ0n) is 8.71. The maximum Gasteiger partial charge on any atom is 0.331 e. The largest absolute Gasteiger partial charge is 0.464 e. The van der Waals surface area contributed by atoms with Gasteiger partial charge in [-0.3, -0.25) is 0 Å². The van der Waals surface area contributed by atoms with E-state index in [1.54, 1.807) is 0 Å². The van der Waals surface area contributed by atoms with Gasteiger partial charge < -0.3 is 15.6 Å². The number of ether oxygens (including phenoxy) is 1. The molecule has 0 aliphatic heterocycles. The van der Waals surface area contributed by atoms with Gasteiger partial charge in [-0.2, -0.15) is 0 Å². The smallest absolute Gasteiger partial charge is 0.331 e. The van der Waals surface area contributed by atoms with Gasteiger partial charge in [0.05, 0.1) is 6.61 Å². The minimum absolute atomic E-state index is 0.427. The van der Waals surface area contributed by atoms with Crippen LogP contribution in [0.15, 0.2) is 0 Å². The number of aliphatic hydroxyl groups is 1. The maximum atomic E-state index is 10.5. The Hall–Kier alpha value is -0.610. The summed E-state index contributed by atoms with van der Waals surface area (Å²) < 4.78 is 4.71. The molecule has 0 aromatic carbocycles. The summed E-state index contributed by atoms with van der Waals surface area (Å²) in [5.74, 6) is -0.534. The van der Waals surface area contributed by atoms with E-state index in [1.165, 1.54) is 12.8 Å². The van der Waals surface area contributed by atoms with Gasteiger partial charge in [-0.15, -0.1) is 0 Å². The minimum Gasteiger partial charge on any atom is -0.464 e. The van der Waals surface area contributed by atoms with Gasteiger partial charge in [-0.05, 0) is 19.4 Å². The fourth-order valence-corrected chi connectivity index (χ4v) is 1.19. The molecule has 4 heteroatoms. The van der Waals surface area contributed by atoms with Crippen molar-refractivity contribution in [3.05, 3.63) is 0 Å². The Morgan fingerprint density at radius 3 is 2.21 bits per heavy atom. The van der Waals surface area contributed by atoms with Crippen LogP contribution in [0.1, 0.15) is 38.5 Å². The average molecular weight is 203 g/mol. The van der Waals surface area contributed by atoms with E-state index in [4.69, 9.17) is 15.6 Å². The lowest BCUT2D eigenvalue weighted by Crippen LogP contribution is -2.09. The molecule has 0 heterocycles. The topological polar surface area (TPSA) is 72.5 Å². The quantitative estimate of drug-likeness (QED) is 0.430. The van der Waals surface area contributed by atoms with E-state index in [2.05, 4.69) is 0 Å². The van der Waals surface area contributed by atoms with Gasteiger partial charge in [0, 0.05) is 0 Å². The molecule has 0 fully saturated rings. The van der Waals surface area contributed by atoms with Crippen LogP contribution in [0.25, 0.3) is 0 Å². The predicted molar refractivity (Wildman–Crippen MR) is 54.8 cm³/mol. The SMILES string of the molecule is NCCCCCCCCOC(=O)CO. The number of unbranched alkanes of at least 4 members (excludes halogenated alkanes) is 5. The third-order valence-electron chi connectivity index (χ3n) is 1.99. The van der Waals surface area contributed by atoms with Crippen molar-refractivity contribution >= 4 is 5.97 Å². The van der Waals surface area contributed by atoms with Gasteiger partial charge in [0.1, 0.15) is 6.61 Å². The fourth-order valence-electron chi connectivity index (χ4n) is 1.19. The molecule has 0 aromatic rings. The van der Waals surface area contributed by atoms with Crippen LogP contribution in [-0.2, 0) is 9.53 Å². The fraction of sp³-hybridized carbons (Fsp3) is 0.900. The number of carbonyl (C=O) groups is 1. The second kappa shape index (κ2) is 10.5. The molecule has 0 saturated heterocycles. The van der Waals surface area contributed by atoms with Gasteiger partial charge in [-0.1, -0.05) is 25.7 Å². The van der Waals surface area contributed by atoms with Crippen LogP contribution < -0.4 is 5.73 Å². The summed E-state index contributed by atoms with van der Waals surface area (Å²) in [5.41, 5.74) is 5.36. The van der Waals surface area contributed by atoms with Crippen molar-refractivity contribution in [3.63, 3.8) is 0 Å². The molecule has 0 aromatic heterocycles. The Balaban J connectivity index is 2.95. The first-order valence-corrected chi connectivity index (χ1v) is 5.27. The van der Waals surface area contributed by atoms with Gasteiger partial charge in [0.2, 0.25) is 0 Å². The lowest BCUT2D eigenvalue weighted by atomic mass is 10.1. The summed E-state index contributed by atoms with van der Waals surface area (Å²) in [6.45, 7) is 0.681. The molecule has 84 valence electrons. The monoisotopic (exact) mass is 203 g/mol. The van der Waals surface area contributed by atoms with Crippen molar-refractivity contribution < 1.29 is 14.6 Å². The highest BCUT2D eigenvalue weighted by atomic mass is 16.5. The summed E-state index contributed by atoms with van der Waals surface area (Å²) in [5, 5.41) is 8.35. The van der Waals surface area contributed by atoms with Crippen molar-refractivity contribution in [1.82, 2.24) is 0 Å². The van der Waals surface area contributed by atoms with Gasteiger partial charge in [0.25, 0.3) is 0 Å². The molecule has 4 nitrogen and oxygen atoms in total. The number of carbonyl (C=O) groups excluding carboxylic acids is 1. The van der Waals surface area contributed by atoms with Crippen LogP contribution in [-0.4, -0.2) is 30.8 Å². The summed E-state index contributed by atoms with van der Waals surface area (Å²) >= 11 is 0. The Morgan fingerprint density at radius 2 is 1.64 bits per heavy atom. The molecule has 0 aliphatic carbocycles. The Bertz CT molecular complexity index is 139. The van der Waals surface area contributed by atoms with E-state index in [0.717, 1.165) is 32.2 Å². The van der Waals surface area contributed by atoms with Gasteiger partial charge in [0.15, 0.2) is 0 Å². The molecule has 0 bridgehead atoms. The van der Waals surface area contributed by atoms with Crippen molar-refractivity contribution in [1.29, 1.82) is 0 Å². The van der Waals surface area contributed by atoms with Gasteiger partial charge >= 0.3 is 5.97 Å². The highest BCUT2D eigenvalue weighted by Gasteiger charge is 1.97. The molecular weight excluding hydrogens is 182 g/mol. The Labute approximate surface area is 85.4 Å². The van der Waals surface area contributed by atoms with Crippen LogP contribution in [0.2, 0.25) is 0 Å². The molecule has 0 spiro atoms. The Kier molecular flexibility index (Phi) is 10.0. The molecule has 0 radical (unpaired) electrons. The molecule has 0 amide bonds. The summed E-state index contributed by atoms with van der Waals surface area (Å²) in [6, 6.07) is 0. The highest BCUT2D eigenvalue weighted by Crippen LogP contribution is 2.04. The Morgan fingerprint density at radius 1 is 1.07 bits per heavy atom. The molecule has 0 aliphatic rings. The van der Waals surface area contributed by atoms with Crippen LogP contribution in [0.4, 0.5) is 0 Å². The summed E-state index contributed by atoms with van der Waals surface area (Å²) in [7, 11) is 0. The third-order valence-corrected chi connectivity index (χ3v) is 1.99. The summed E-state index contributed by atoms with van der Waals surface area (Å²) in [4.78, 5) is 10.5. The van der Waals surface area contributed by atoms with E-state index < -0.39 is 12.6 Å². The number of esters is 1. The second-order valence-electron chi connectivity index (χ2n) is 3.29. The minimum atomic E-state index is -0.534. The van der Waals surface area contributed by atoms with E-state index in [-0.39, 0.29) is 0 Å². The first-order valence-electron chi connectivity index (χ1n) is 5.27. The zero-order chi connectivity index (χ0) is 10.6. The van der Waals surface area contributed by atoms with E-state index in [9.17, 15) is 4.79 Å². The van der Waals surface area contributed by atoms with Crippen LogP contribution >= 0.6 is 0 Å². The summed E-state index contributed by atoms with van der Waals surface area (Å²) in [6.07, 6.45) is 6.60. The van der Waals surface area contributed by atoms with Gasteiger partial charge in [-0.25, -0.2) is 4.79 Å². The molecular formula is C10H21NO3. The first kappa shape index (κ1) is 13.4. The molecule has 0 rings (SSSR count). The van der Waals surface area contributed by atoms with Crippen molar-refractivity contribution in [2.45, 2.75) is 38.5 Å². The molecule has 0 unspecified atom stereocenters. The van der Waals surface area contributed by atoms with Crippen LogP contribution in [0.5, 0.6) is 0 Å². The number of hydrogen-bond acceptors (Lipinski definition) is 4. The molecule has 14 heavy (non-hydrogen) atoms. The molecule has 0 saturated carbocycles. The number of hydrogen-bond donors (Lipinski definition) is 2. The first-order chi connectivity index (χ1) is 6.81.